The van der Waals surface area contributed by atoms with Crippen LogP contribution in [-0.4, -0.2) is 60.3 Å². The van der Waals surface area contributed by atoms with Gasteiger partial charge in [0.25, 0.3) is 0 Å². The van der Waals surface area contributed by atoms with Gasteiger partial charge in [-0.05, 0) is 89.8 Å². The lowest BCUT2D eigenvalue weighted by atomic mass is 10.0. The standard InChI is InChI=1S/C28H42N4/c1-6-26-12-10-23(3)32(24(4)11-13-26)21-25(5)31-17-14-27(15-18-31)30-20-28-19-22(2)9-7-8-16-29-28/h6,10-13,19,25,27,30H,3-4,7-9,14-18,20-21H2,1-2,5H3/b12-10-,13-11-,22-19?,29-28?. The van der Waals surface area contributed by atoms with Crippen molar-refractivity contribution in [2.45, 2.75) is 65.0 Å². The highest BCUT2D eigenvalue weighted by Crippen LogP contribution is 2.21. The Bertz CT molecular complexity index is 790. The second-order valence-corrected chi connectivity index (χ2v) is 9.41. The Kier molecular flexibility index (Phi) is 9.31. The molecule has 32 heavy (non-hydrogen) atoms. The Morgan fingerprint density at radius 3 is 2.47 bits per heavy atom. The molecule has 4 heteroatoms. The molecule has 0 saturated carbocycles. The molecule has 0 aliphatic carbocycles. The highest BCUT2D eigenvalue weighted by atomic mass is 15.2. The van der Waals surface area contributed by atoms with Gasteiger partial charge in [0, 0.05) is 48.8 Å². The van der Waals surface area contributed by atoms with Gasteiger partial charge in [-0.25, -0.2) is 0 Å². The molecular formula is C28H42N4. The highest BCUT2D eigenvalue weighted by molar-refractivity contribution is 5.97. The maximum absolute atomic E-state index is 4.80. The average molecular weight is 435 g/mol. The summed E-state index contributed by atoms with van der Waals surface area (Å²) in [7, 11) is 0. The summed E-state index contributed by atoms with van der Waals surface area (Å²) in [4.78, 5) is 9.65. The molecule has 0 aromatic rings. The van der Waals surface area contributed by atoms with Crippen molar-refractivity contribution in [3.63, 3.8) is 0 Å². The summed E-state index contributed by atoms with van der Waals surface area (Å²) in [5.41, 5.74) is 5.89. The Morgan fingerprint density at radius 2 is 1.81 bits per heavy atom. The first-order chi connectivity index (χ1) is 15.5. The fraction of sp³-hybridized carbons (Fsp3) is 0.536. The van der Waals surface area contributed by atoms with E-state index in [1.165, 1.54) is 49.0 Å². The van der Waals surface area contributed by atoms with Gasteiger partial charge in [0.15, 0.2) is 0 Å². The zero-order valence-corrected chi connectivity index (χ0v) is 20.4. The smallest absolute Gasteiger partial charge is 0.0485 e. The molecule has 0 spiro atoms. The topological polar surface area (TPSA) is 30.9 Å². The van der Waals surface area contributed by atoms with Crippen molar-refractivity contribution < 1.29 is 0 Å². The van der Waals surface area contributed by atoms with Gasteiger partial charge in [0.05, 0.1) is 0 Å². The van der Waals surface area contributed by atoms with Crippen LogP contribution in [0.15, 0.2) is 77.1 Å². The van der Waals surface area contributed by atoms with E-state index in [0.717, 1.165) is 44.1 Å². The molecule has 1 unspecified atom stereocenters. The Morgan fingerprint density at radius 1 is 1.12 bits per heavy atom. The first-order valence-corrected chi connectivity index (χ1v) is 12.3. The lowest BCUT2D eigenvalue weighted by Gasteiger charge is -2.39. The van der Waals surface area contributed by atoms with E-state index in [0.29, 0.717) is 12.1 Å². The number of hydrogen-bond acceptors (Lipinski definition) is 4. The molecule has 3 aliphatic heterocycles. The second-order valence-electron chi connectivity index (χ2n) is 9.41. The summed E-state index contributed by atoms with van der Waals surface area (Å²) in [6, 6.07) is 1.03. The third-order valence-electron chi connectivity index (χ3n) is 6.84. The minimum atomic E-state index is 0.451. The van der Waals surface area contributed by atoms with E-state index in [9.17, 15) is 0 Å². The van der Waals surface area contributed by atoms with Crippen molar-refractivity contribution in [2.24, 2.45) is 4.99 Å². The summed E-state index contributed by atoms with van der Waals surface area (Å²) in [5.74, 6) is 0. The molecule has 3 heterocycles. The monoisotopic (exact) mass is 434 g/mol. The maximum atomic E-state index is 4.80. The minimum Gasteiger partial charge on any atom is -0.341 e. The number of nitrogens with one attached hydrogen (secondary N) is 1. The SMILES string of the molecule is C=C1/C=C\C(=CC)/C=C\C(=C)N1CC(C)N1CCC(NCC2=NCCCCC(C)=C2)CC1. The van der Waals surface area contributed by atoms with Crippen molar-refractivity contribution in [2.75, 3.05) is 32.7 Å². The fourth-order valence-electron chi connectivity index (χ4n) is 4.65. The predicted molar refractivity (Wildman–Crippen MR) is 139 cm³/mol. The zero-order chi connectivity index (χ0) is 22.9. The quantitative estimate of drug-likeness (QED) is 0.607. The molecule has 1 fully saturated rings. The molecule has 174 valence electrons. The van der Waals surface area contributed by atoms with Crippen molar-refractivity contribution in [3.05, 3.63) is 72.2 Å². The molecular weight excluding hydrogens is 392 g/mol. The van der Waals surface area contributed by atoms with Gasteiger partial charge in [-0.3, -0.25) is 9.89 Å². The molecule has 0 aromatic heterocycles. The largest absolute Gasteiger partial charge is 0.341 e. The zero-order valence-electron chi connectivity index (χ0n) is 20.4. The lowest BCUT2D eigenvalue weighted by molar-refractivity contribution is 0.137. The highest BCUT2D eigenvalue weighted by Gasteiger charge is 2.24. The van der Waals surface area contributed by atoms with E-state index in [2.05, 4.69) is 85.5 Å². The van der Waals surface area contributed by atoms with Gasteiger partial charge in [-0.2, -0.15) is 0 Å². The summed E-state index contributed by atoms with van der Waals surface area (Å²) >= 11 is 0. The number of hydrogen-bond donors (Lipinski definition) is 1. The van der Waals surface area contributed by atoms with Crippen LogP contribution in [-0.2, 0) is 0 Å². The van der Waals surface area contributed by atoms with Crippen molar-refractivity contribution in [1.82, 2.24) is 15.1 Å². The Hall–Kier alpha value is -2.17. The summed E-state index contributed by atoms with van der Waals surface area (Å²) in [6.45, 7) is 20.2. The van der Waals surface area contributed by atoms with Crippen molar-refractivity contribution in [1.29, 1.82) is 0 Å². The van der Waals surface area contributed by atoms with E-state index in [1.807, 2.05) is 0 Å². The van der Waals surface area contributed by atoms with Gasteiger partial charge in [-0.1, -0.05) is 37.0 Å². The van der Waals surface area contributed by atoms with Gasteiger partial charge in [0.2, 0.25) is 0 Å². The number of nitrogens with zero attached hydrogens (tertiary/aromatic N) is 3. The number of aliphatic imine (C=N–C) groups is 1. The molecule has 1 saturated heterocycles. The van der Waals surface area contributed by atoms with Crippen LogP contribution in [0, 0.1) is 0 Å². The van der Waals surface area contributed by atoms with Crippen LogP contribution in [0.3, 0.4) is 0 Å². The van der Waals surface area contributed by atoms with Gasteiger partial charge < -0.3 is 10.2 Å². The molecule has 0 amide bonds. The summed E-state index contributed by atoms with van der Waals surface area (Å²) in [5, 5.41) is 3.78. The average Bonchev–Trinajstić information content (AvgIpc) is 2.78. The van der Waals surface area contributed by atoms with Crippen molar-refractivity contribution >= 4 is 5.71 Å². The summed E-state index contributed by atoms with van der Waals surface area (Å²) in [6.07, 6.45) is 18.9. The van der Waals surface area contributed by atoms with Gasteiger partial charge in [0.1, 0.15) is 0 Å². The maximum Gasteiger partial charge on any atom is 0.0485 e. The fourth-order valence-corrected chi connectivity index (χ4v) is 4.65. The van der Waals surface area contributed by atoms with Crippen LogP contribution in [0.25, 0.3) is 0 Å². The number of piperidine rings is 1. The van der Waals surface area contributed by atoms with E-state index in [-0.39, 0.29) is 0 Å². The molecule has 0 radical (unpaired) electrons. The van der Waals surface area contributed by atoms with Crippen LogP contribution >= 0.6 is 0 Å². The number of allylic oxidation sites excluding steroid dienone is 7. The van der Waals surface area contributed by atoms with Crippen LogP contribution < -0.4 is 5.32 Å². The number of rotatable bonds is 6. The molecule has 3 aliphatic rings. The molecule has 1 atom stereocenters. The van der Waals surface area contributed by atoms with Gasteiger partial charge >= 0.3 is 0 Å². The number of likely N-dealkylation sites (tertiary alicyclic amines) is 1. The van der Waals surface area contributed by atoms with E-state index >= 15 is 0 Å². The van der Waals surface area contributed by atoms with E-state index in [4.69, 9.17) is 4.99 Å². The van der Waals surface area contributed by atoms with Crippen LogP contribution in [0.4, 0.5) is 0 Å². The third kappa shape index (κ3) is 7.18. The minimum absolute atomic E-state index is 0.451. The van der Waals surface area contributed by atoms with Crippen LogP contribution in [0.5, 0.6) is 0 Å². The Balaban J connectivity index is 1.47. The predicted octanol–water partition coefficient (Wildman–Crippen LogP) is 5.40. The van der Waals surface area contributed by atoms with Crippen molar-refractivity contribution in [3.8, 4) is 0 Å². The Labute approximate surface area is 195 Å². The van der Waals surface area contributed by atoms with E-state index < -0.39 is 0 Å². The first kappa shape index (κ1) is 24.5. The van der Waals surface area contributed by atoms with Gasteiger partial charge in [-0.15, -0.1) is 0 Å². The third-order valence-corrected chi connectivity index (χ3v) is 6.84. The van der Waals surface area contributed by atoms with Crippen LogP contribution in [0.2, 0.25) is 0 Å². The van der Waals surface area contributed by atoms with E-state index in [1.54, 1.807) is 0 Å². The molecule has 4 nitrogen and oxygen atoms in total. The lowest BCUT2D eigenvalue weighted by Crippen LogP contribution is -2.49. The second kappa shape index (κ2) is 12.2. The summed E-state index contributed by atoms with van der Waals surface area (Å²) < 4.78 is 0. The normalized spacial score (nSPS) is 24.6. The molecule has 0 bridgehead atoms. The van der Waals surface area contributed by atoms with Crippen LogP contribution in [0.1, 0.15) is 52.9 Å². The first-order valence-electron chi connectivity index (χ1n) is 12.3. The molecule has 3 rings (SSSR count). The molecule has 0 aromatic carbocycles. The molecule has 1 N–H and O–H groups in total.